The second-order valence-electron chi connectivity index (χ2n) is 6.02. The summed E-state index contributed by atoms with van der Waals surface area (Å²) >= 11 is 0. The van der Waals surface area contributed by atoms with Crippen molar-refractivity contribution in [1.82, 2.24) is 5.32 Å². The summed E-state index contributed by atoms with van der Waals surface area (Å²) in [5.41, 5.74) is -0.602. The first-order chi connectivity index (χ1) is 7.99. The highest BCUT2D eigenvalue weighted by Gasteiger charge is 2.33. The molecule has 0 spiro atoms. The van der Waals surface area contributed by atoms with Gasteiger partial charge in [0.15, 0.2) is 0 Å². The molecule has 4 nitrogen and oxygen atoms in total. The highest BCUT2D eigenvalue weighted by Crippen LogP contribution is 2.25. The third-order valence-electron chi connectivity index (χ3n) is 3.84. The SMILES string of the molecule is CC1(C)CC(NCC2(O)CCOCC2)CCO1. The second kappa shape index (κ2) is 5.22. The smallest absolute Gasteiger partial charge is 0.0815 e. The maximum atomic E-state index is 10.4. The Morgan fingerprint density at radius 3 is 2.59 bits per heavy atom. The molecule has 0 aromatic rings. The van der Waals surface area contributed by atoms with Crippen LogP contribution in [0.25, 0.3) is 0 Å². The molecule has 0 aliphatic carbocycles. The average Bonchev–Trinajstić information content (AvgIpc) is 2.26. The second-order valence-corrected chi connectivity index (χ2v) is 6.02. The van der Waals surface area contributed by atoms with E-state index in [1.165, 1.54) is 0 Å². The van der Waals surface area contributed by atoms with E-state index in [0.717, 1.165) is 32.3 Å². The van der Waals surface area contributed by atoms with Gasteiger partial charge in [0.25, 0.3) is 0 Å². The fourth-order valence-corrected chi connectivity index (χ4v) is 2.67. The van der Waals surface area contributed by atoms with E-state index in [9.17, 15) is 5.11 Å². The van der Waals surface area contributed by atoms with Crippen molar-refractivity contribution < 1.29 is 14.6 Å². The van der Waals surface area contributed by atoms with Gasteiger partial charge in [0.2, 0.25) is 0 Å². The number of hydrogen-bond donors (Lipinski definition) is 2. The molecule has 2 saturated heterocycles. The summed E-state index contributed by atoms with van der Waals surface area (Å²) in [7, 11) is 0. The van der Waals surface area contributed by atoms with Gasteiger partial charge in [-0.2, -0.15) is 0 Å². The Hall–Kier alpha value is -0.160. The van der Waals surface area contributed by atoms with Gasteiger partial charge < -0.3 is 19.9 Å². The monoisotopic (exact) mass is 243 g/mol. The number of nitrogens with one attached hydrogen (secondary N) is 1. The molecular weight excluding hydrogens is 218 g/mol. The Morgan fingerprint density at radius 2 is 1.94 bits per heavy atom. The van der Waals surface area contributed by atoms with Crippen LogP contribution in [-0.4, -0.2) is 48.7 Å². The van der Waals surface area contributed by atoms with Gasteiger partial charge in [0, 0.05) is 45.2 Å². The summed E-state index contributed by atoms with van der Waals surface area (Å²) in [5, 5.41) is 13.9. The lowest BCUT2D eigenvalue weighted by molar-refractivity contribution is -0.0795. The van der Waals surface area contributed by atoms with Crippen LogP contribution in [-0.2, 0) is 9.47 Å². The van der Waals surface area contributed by atoms with Crippen molar-refractivity contribution in [3.05, 3.63) is 0 Å². The van der Waals surface area contributed by atoms with Gasteiger partial charge in [-0.25, -0.2) is 0 Å². The third kappa shape index (κ3) is 3.91. The van der Waals surface area contributed by atoms with Crippen LogP contribution in [0, 0.1) is 0 Å². The zero-order valence-corrected chi connectivity index (χ0v) is 11.0. The van der Waals surface area contributed by atoms with Crippen LogP contribution in [0.15, 0.2) is 0 Å². The summed E-state index contributed by atoms with van der Waals surface area (Å²) in [6.07, 6.45) is 3.54. The summed E-state index contributed by atoms with van der Waals surface area (Å²) < 4.78 is 11.0. The number of aliphatic hydroxyl groups is 1. The van der Waals surface area contributed by atoms with Crippen molar-refractivity contribution in [2.75, 3.05) is 26.4 Å². The molecular formula is C13H25NO3. The van der Waals surface area contributed by atoms with E-state index in [1.54, 1.807) is 0 Å². The van der Waals surface area contributed by atoms with Gasteiger partial charge in [-0.15, -0.1) is 0 Å². The predicted octanol–water partition coefficient (Wildman–Crippen LogP) is 1.08. The summed E-state index contributed by atoms with van der Waals surface area (Å²) in [4.78, 5) is 0. The van der Waals surface area contributed by atoms with Crippen molar-refractivity contribution >= 4 is 0 Å². The molecule has 1 unspecified atom stereocenters. The van der Waals surface area contributed by atoms with Gasteiger partial charge >= 0.3 is 0 Å². The van der Waals surface area contributed by atoms with Gasteiger partial charge in [0.1, 0.15) is 0 Å². The Labute approximate surface area is 104 Å². The molecule has 0 radical (unpaired) electrons. The zero-order valence-electron chi connectivity index (χ0n) is 11.0. The van der Waals surface area contributed by atoms with E-state index in [1.807, 2.05) is 0 Å². The fourth-order valence-electron chi connectivity index (χ4n) is 2.67. The standard InChI is InChI=1S/C13H25NO3/c1-12(2)9-11(3-6-17-12)14-10-13(15)4-7-16-8-5-13/h11,14-15H,3-10H2,1-2H3. The van der Waals surface area contributed by atoms with Crippen molar-refractivity contribution in [2.24, 2.45) is 0 Å². The minimum absolute atomic E-state index is 0.0335. The van der Waals surface area contributed by atoms with E-state index in [2.05, 4.69) is 19.2 Å². The fraction of sp³-hybridized carbons (Fsp3) is 1.00. The van der Waals surface area contributed by atoms with E-state index >= 15 is 0 Å². The molecule has 2 N–H and O–H groups in total. The van der Waals surface area contributed by atoms with E-state index < -0.39 is 5.60 Å². The topological polar surface area (TPSA) is 50.7 Å². The molecule has 0 bridgehead atoms. The maximum absolute atomic E-state index is 10.4. The van der Waals surface area contributed by atoms with Crippen molar-refractivity contribution in [3.63, 3.8) is 0 Å². The third-order valence-corrected chi connectivity index (χ3v) is 3.84. The Kier molecular flexibility index (Phi) is 4.08. The number of ether oxygens (including phenoxy) is 2. The molecule has 2 aliphatic rings. The number of rotatable bonds is 3. The zero-order chi connectivity index (χ0) is 12.4. The Balaban J connectivity index is 1.77. The van der Waals surface area contributed by atoms with Gasteiger partial charge in [0.05, 0.1) is 11.2 Å². The molecule has 2 fully saturated rings. The molecule has 0 saturated carbocycles. The predicted molar refractivity (Wildman–Crippen MR) is 66.1 cm³/mol. The molecule has 0 aromatic carbocycles. The van der Waals surface area contributed by atoms with Crippen LogP contribution in [0.2, 0.25) is 0 Å². The molecule has 4 heteroatoms. The van der Waals surface area contributed by atoms with Crippen LogP contribution in [0.3, 0.4) is 0 Å². The van der Waals surface area contributed by atoms with Crippen LogP contribution in [0.1, 0.15) is 39.5 Å². The highest BCUT2D eigenvalue weighted by molar-refractivity contribution is 4.88. The summed E-state index contributed by atoms with van der Waals surface area (Å²) in [6.45, 7) is 7.10. The lowest BCUT2D eigenvalue weighted by atomic mass is 9.91. The summed E-state index contributed by atoms with van der Waals surface area (Å²) in [6, 6.07) is 0.464. The first-order valence-electron chi connectivity index (χ1n) is 6.67. The lowest BCUT2D eigenvalue weighted by Crippen LogP contribution is -2.51. The minimum Gasteiger partial charge on any atom is -0.388 e. The Morgan fingerprint density at radius 1 is 1.24 bits per heavy atom. The molecule has 17 heavy (non-hydrogen) atoms. The van der Waals surface area contributed by atoms with Crippen molar-refractivity contribution in [2.45, 2.75) is 56.8 Å². The molecule has 0 amide bonds. The normalized spacial score (nSPS) is 32.3. The minimum atomic E-state index is -0.569. The van der Waals surface area contributed by atoms with Crippen molar-refractivity contribution in [1.29, 1.82) is 0 Å². The lowest BCUT2D eigenvalue weighted by Gasteiger charge is -2.38. The van der Waals surface area contributed by atoms with Gasteiger partial charge in [-0.05, 0) is 26.7 Å². The van der Waals surface area contributed by atoms with Crippen LogP contribution in [0.4, 0.5) is 0 Å². The first kappa shape index (κ1) is 13.3. The van der Waals surface area contributed by atoms with Crippen LogP contribution < -0.4 is 5.32 Å². The average molecular weight is 243 g/mol. The molecule has 1 atom stereocenters. The molecule has 2 aliphatic heterocycles. The van der Waals surface area contributed by atoms with E-state index in [-0.39, 0.29) is 5.60 Å². The molecule has 2 rings (SSSR count). The van der Waals surface area contributed by atoms with Crippen LogP contribution in [0.5, 0.6) is 0 Å². The van der Waals surface area contributed by atoms with Gasteiger partial charge in [-0.3, -0.25) is 0 Å². The van der Waals surface area contributed by atoms with Crippen LogP contribution >= 0.6 is 0 Å². The molecule has 100 valence electrons. The molecule has 2 heterocycles. The Bertz CT molecular complexity index is 249. The highest BCUT2D eigenvalue weighted by atomic mass is 16.5. The summed E-state index contributed by atoms with van der Waals surface area (Å²) in [5.74, 6) is 0. The van der Waals surface area contributed by atoms with Gasteiger partial charge in [-0.1, -0.05) is 0 Å². The maximum Gasteiger partial charge on any atom is 0.0815 e. The van der Waals surface area contributed by atoms with E-state index in [0.29, 0.717) is 25.8 Å². The number of hydrogen-bond acceptors (Lipinski definition) is 4. The largest absolute Gasteiger partial charge is 0.388 e. The molecule has 0 aromatic heterocycles. The first-order valence-corrected chi connectivity index (χ1v) is 6.67. The van der Waals surface area contributed by atoms with E-state index in [4.69, 9.17) is 9.47 Å². The quantitative estimate of drug-likeness (QED) is 0.778. The van der Waals surface area contributed by atoms with Crippen molar-refractivity contribution in [3.8, 4) is 0 Å².